The molecule has 0 aliphatic rings. The number of nitrogens with two attached hydrogens (primary N) is 1. The number of ether oxygens (including phenoxy) is 2. The second-order valence-corrected chi connectivity index (χ2v) is 10.9. The fraction of sp³-hybridized carbons (Fsp3) is 0.0690. The third-order valence-electron chi connectivity index (χ3n) is 6.56. The summed E-state index contributed by atoms with van der Waals surface area (Å²) in [4.78, 5) is 7.97. The van der Waals surface area contributed by atoms with Crippen LogP contribution in [0.3, 0.4) is 0 Å². The van der Waals surface area contributed by atoms with Crippen molar-refractivity contribution in [3.8, 4) is 40.0 Å². The summed E-state index contributed by atoms with van der Waals surface area (Å²) in [5.41, 5.74) is 9.99. The summed E-state index contributed by atoms with van der Waals surface area (Å²) >= 11 is 0. The number of anilines is 2. The molecule has 0 spiro atoms. The van der Waals surface area contributed by atoms with E-state index in [2.05, 4.69) is 20.8 Å². The Kier molecular flexibility index (Phi) is 7.41. The van der Waals surface area contributed by atoms with Crippen molar-refractivity contribution in [3.63, 3.8) is 0 Å². The van der Waals surface area contributed by atoms with Crippen molar-refractivity contribution in [2.24, 2.45) is 0 Å². The molecule has 0 aliphatic heterocycles. The number of nitrogens with one attached hydrogen (secondary N) is 1. The lowest BCUT2D eigenvalue weighted by atomic mass is 9.90. The summed E-state index contributed by atoms with van der Waals surface area (Å²) < 4.78 is 66.6. The van der Waals surface area contributed by atoms with Crippen molar-refractivity contribution >= 4 is 45.7 Å². The molecule has 2 heterocycles. The smallest absolute Gasteiger partial charge is 0.264 e. The van der Waals surface area contributed by atoms with Gasteiger partial charge in [0.25, 0.3) is 10.0 Å². The third kappa shape index (κ3) is 5.15. The Morgan fingerprint density at radius 1 is 1.00 bits per heavy atom. The van der Waals surface area contributed by atoms with Gasteiger partial charge in [-0.3, -0.25) is 4.72 Å². The standard InChI is InChI=1S/C29H22BF2N5O4S/c1-40-25-11-17(30)4-6-19(25)27-21(13-33)20-9-15(3-7-23(20)36-28(27)34)16-10-24(29(41-2)35-14-16)37-42(38,39)26-8-5-18(31)12-22(26)32/h3-12,14,37H,30H2,1-2H3,(H2,34,36). The second-order valence-electron chi connectivity index (χ2n) is 9.26. The van der Waals surface area contributed by atoms with Gasteiger partial charge < -0.3 is 15.2 Å². The molecule has 2 aromatic heterocycles. The van der Waals surface area contributed by atoms with Crippen LogP contribution in [-0.4, -0.2) is 40.5 Å². The van der Waals surface area contributed by atoms with Crippen LogP contribution in [0.2, 0.25) is 0 Å². The molecule has 0 radical (unpaired) electrons. The largest absolute Gasteiger partial charge is 0.496 e. The highest BCUT2D eigenvalue weighted by Gasteiger charge is 2.23. The zero-order valence-corrected chi connectivity index (χ0v) is 23.4. The fourth-order valence-electron chi connectivity index (χ4n) is 4.59. The van der Waals surface area contributed by atoms with E-state index in [0.717, 1.165) is 17.6 Å². The van der Waals surface area contributed by atoms with Crippen LogP contribution in [-0.2, 0) is 10.0 Å². The average molecular weight is 585 g/mol. The minimum absolute atomic E-state index is 0.0773. The van der Waals surface area contributed by atoms with Crippen LogP contribution in [0.5, 0.6) is 11.6 Å². The predicted octanol–water partition coefficient (Wildman–Crippen LogP) is 3.77. The van der Waals surface area contributed by atoms with Crippen molar-refractivity contribution in [2.75, 3.05) is 24.7 Å². The van der Waals surface area contributed by atoms with E-state index in [9.17, 15) is 22.5 Å². The maximum Gasteiger partial charge on any atom is 0.264 e. The summed E-state index contributed by atoms with van der Waals surface area (Å²) in [6.07, 6.45) is 1.46. The van der Waals surface area contributed by atoms with E-state index < -0.39 is 26.6 Å². The molecule has 9 nitrogen and oxygen atoms in total. The molecule has 0 unspecified atom stereocenters. The number of aromatic nitrogens is 2. The third-order valence-corrected chi connectivity index (χ3v) is 7.96. The van der Waals surface area contributed by atoms with Gasteiger partial charge in [0.1, 0.15) is 47.7 Å². The SMILES string of the molecule is Bc1ccc(-c2c(N)nc3ccc(-c4cnc(OC)c(NS(=O)(=O)c5ccc(F)cc5F)c4)cc3c2C#N)c(OC)c1. The molecule has 210 valence electrons. The first kappa shape index (κ1) is 28.3. The number of sulfonamides is 1. The van der Waals surface area contributed by atoms with Crippen molar-refractivity contribution in [2.45, 2.75) is 4.90 Å². The highest BCUT2D eigenvalue weighted by atomic mass is 32.2. The van der Waals surface area contributed by atoms with Gasteiger partial charge in [0, 0.05) is 34.3 Å². The molecule has 5 aromatic rings. The fourth-order valence-corrected chi connectivity index (χ4v) is 5.70. The van der Waals surface area contributed by atoms with E-state index in [1.165, 1.54) is 26.5 Å². The molecule has 0 aliphatic carbocycles. The average Bonchev–Trinajstić information content (AvgIpc) is 2.96. The number of hydrogen-bond acceptors (Lipinski definition) is 8. The number of benzene rings is 3. The summed E-state index contributed by atoms with van der Waals surface area (Å²) in [5, 5.41) is 10.7. The van der Waals surface area contributed by atoms with Gasteiger partial charge in [0.05, 0.1) is 25.3 Å². The molecular formula is C29H22BF2N5O4S. The molecule has 0 fully saturated rings. The van der Waals surface area contributed by atoms with E-state index >= 15 is 0 Å². The summed E-state index contributed by atoms with van der Waals surface area (Å²) in [7, 11) is 0.261. The number of halogens is 2. The van der Waals surface area contributed by atoms with Gasteiger partial charge in [0.2, 0.25) is 5.88 Å². The molecule has 13 heteroatoms. The molecule has 42 heavy (non-hydrogen) atoms. The number of nitrogen functional groups attached to an aromatic ring is 1. The van der Waals surface area contributed by atoms with E-state index in [4.69, 9.17) is 15.2 Å². The van der Waals surface area contributed by atoms with Crippen LogP contribution in [0.4, 0.5) is 20.3 Å². The number of nitrogens with zero attached hydrogens (tertiary/aromatic N) is 3. The molecule has 0 amide bonds. The maximum atomic E-state index is 14.3. The van der Waals surface area contributed by atoms with Gasteiger partial charge in [-0.15, -0.1) is 0 Å². The van der Waals surface area contributed by atoms with Crippen LogP contribution < -0.4 is 25.4 Å². The minimum atomic E-state index is -4.48. The minimum Gasteiger partial charge on any atom is -0.496 e. The molecule has 3 aromatic carbocycles. The summed E-state index contributed by atoms with van der Waals surface area (Å²) in [6, 6.07) is 16.5. The van der Waals surface area contributed by atoms with E-state index in [1.54, 1.807) is 18.2 Å². The number of pyridine rings is 2. The van der Waals surface area contributed by atoms with Crippen molar-refractivity contribution in [1.82, 2.24) is 9.97 Å². The van der Waals surface area contributed by atoms with Crippen LogP contribution in [0.1, 0.15) is 5.56 Å². The molecule has 3 N–H and O–H groups in total. The quantitative estimate of drug-likeness (QED) is 0.275. The van der Waals surface area contributed by atoms with Gasteiger partial charge in [0.15, 0.2) is 0 Å². The van der Waals surface area contributed by atoms with Gasteiger partial charge in [-0.25, -0.2) is 27.2 Å². The number of nitriles is 1. The molecule has 0 bridgehead atoms. The Morgan fingerprint density at radius 3 is 2.48 bits per heavy atom. The van der Waals surface area contributed by atoms with Crippen molar-refractivity contribution in [3.05, 3.63) is 84.1 Å². The first-order valence-corrected chi connectivity index (χ1v) is 13.8. The Labute approximate surface area is 241 Å². The maximum absolute atomic E-state index is 14.3. The number of methoxy groups -OCH3 is 2. The Morgan fingerprint density at radius 2 is 1.79 bits per heavy atom. The lowest BCUT2D eigenvalue weighted by molar-refractivity contribution is 0.400. The van der Waals surface area contributed by atoms with E-state index in [0.29, 0.717) is 45.0 Å². The monoisotopic (exact) mass is 585 g/mol. The van der Waals surface area contributed by atoms with Crippen LogP contribution in [0, 0.1) is 23.0 Å². The predicted molar refractivity (Wildman–Crippen MR) is 158 cm³/mol. The van der Waals surface area contributed by atoms with E-state index in [-0.39, 0.29) is 22.9 Å². The molecule has 0 saturated carbocycles. The summed E-state index contributed by atoms with van der Waals surface area (Å²) in [5.74, 6) is -1.56. The van der Waals surface area contributed by atoms with E-state index in [1.807, 2.05) is 26.0 Å². The molecule has 5 rings (SSSR count). The Bertz CT molecular complexity index is 2030. The molecule has 0 saturated heterocycles. The number of fused-ring (bicyclic) bond motifs is 1. The normalized spacial score (nSPS) is 11.2. The van der Waals surface area contributed by atoms with Gasteiger partial charge in [-0.2, -0.15) is 5.26 Å². The molecular weight excluding hydrogens is 563 g/mol. The lowest BCUT2D eigenvalue weighted by Crippen LogP contribution is -2.15. The van der Waals surface area contributed by atoms with Crippen molar-refractivity contribution < 1.29 is 26.7 Å². The number of hydrogen-bond donors (Lipinski definition) is 2. The Balaban J connectivity index is 1.64. The summed E-state index contributed by atoms with van der Waals surface area (Å²) in [6.45, 7) is 0. The molecule has 0 atom stereocenters. The highest BCUT2D eigenvalue weighted by molar-refractivity contribution is 7.92. The van der Waals surface area contributed by atoms with Gasteiger partial charge in [-0.05, 0) is 42.0 Å². The topological polar surface area (TPSA) is 140 Å². The zero-order valence-electron chi connectivity index (χ0n) is 22.6. The van der Waals surface area contributed by atoms with Crippen LogP contribution in [0.15, 0.2) is 71.8 Å². The first-order valence-electron chi connectivity index (χ1n) is 12.4. The highest BCUT2D eigenvalue weighted by Crippen LogP contribution is 2.39. The lowest BCUT2D eigenvalue weighted by Gasteiger charge is -2.16. The zero-order chi connectivity index (χ0) is 30.2. The van der Waals surface area contributed by atoms with Gasteiger partial charge >= 0.3 is 0 Å². The van der Waals surface area contributed by atoms with Crippen LogP contribution >= 0.6 is 0 Å². The second kappa shape index (κ2) is 11.0. The Hall–Kier alpha value is -5.22. The number of rotatable bonds is 7. The van der Waals surface area contributed by atoms with Crippen molar-refractivity contribution in [1.29, 1.82) is 5.26 Å². The van der Waals surface area contributed by atoms with Crippen LogP contribution in [0.25, 0.3) is 33.2 Å². The van der Waals surface area contributed by atoms with Gasteiger partial charge in [-0.1, -0.05) is 23.7 Å². The first-order chi connectivity index (χ1) is 20.1.